The number of fused-ring (bicyclic) bond motifs is 1. The number of anilines is 1. The minimum Gasteiger partial charge on any atom is -0.463 e. The van der Waals surface area contributed by atoms with Gasteiger partial charge in [0.25, 0.3) is 5.91 Å². The summed E-state index contributed by atoms with van der Waals surface area (Å²) in [5, 5.41) is 11.1. The Morgan fingerprint density at radius 1 is 1.38 bits per heavy atom. The number of H-pyrrole nitrogens is 1. The van der Waals surface area contributed by atoms with Crippen molar-refractivity contribution >= 4 is 34.3 Å². The quantitative estimate of drug-likeness (QED) is 0.753. The number of carbonyl (C=O) groups excluding carboxylic acids is 1. The minimum absolute atomic E-state index is 0.254. The van der Waals surface area contributed by atoms with Crippen LogP contribution in [-0.4, -0.2) is 29.3 Å². The number of ether oxygens (including phenoxy) is 1. The zero-order valence-corrected chi connectivity index (χ0v) is 13.6. The summed E-state index contributed by atoms with van der Waals surface area (Å²) in [4.78, 5) is 12.5. The van der Waals surface area contributed by atoms with Crippen LogP contribution in [0.5, 0.6) is 0 Å². The van der Waals surface area contributed by atoms with Crippen molar-refractivity contribution < 1.29 is 13.9 Å². The number of carbonyl (C=O) groups is 1. The summed E-state index contributed by atoms with van der Waals surface area (Å²) in [5.74, 6) is 0.538. The van der Waals surface area contributed by atoms with Gasteiger partial charge in [0.2, 0.25) is 0 Å². The monoisotopic (exact) mass is 345 g/mol. The van der Waals surface area contributed by atoms with Crippen molar-refractivity contribution in [3.05, 3.63) is 46.8 Å². The molecule has 0 aliphatic carbocycles. The van der Waals surface area contributed by atoms with E-state index in [1.165, 1.54) is 6.26 Å². The fourth-order valence-electron chi connectivity index (χ4n) is 3.01. The first-order valence-electron chi connectivity index (χ1n) is 7.82. The largest absolute Gasteiger partial charge is 0.463 e. The van der Waals surface area contributed by atoms with E-state index < -0.39 is 0 Å². The van der Waals surface area contributed by atoms with E-state index in [9.17, 15) is 4.79 Å². The van der Waals surface area contributed by atoms with Crippen LogP contribution in [0.1, 0.15) is 34.8 Å². The van der Waals surface area contributed by atoms with Gasteiger partial charge in [-0.3, -0.25) is 9.89 Å². The van der Waals surface area contributed by atoms with E-state index in [0.29, 0.717) is 39.9 Å². The van der Waals surface area contributed by atoms with E-state index >= 15 is 0 Å². The highest BCUT2D eigenvalue weighted by Gasteiger charge is 2.20. The maximum Gasteiger partial charge on any atom is 0.257 e. The van der Waals surface area contributed by atoms with E-state index in [4.69, 9.17) is 20.8 Å². The van der Waals surface area contributed by atoms with E-state index in [0.717, 1.165) is 25.1 Å². The first-order valence-corrected chi connectivity index (χ1v) is 8.20. The lowest BCUT2D eigenvalue weighted by molar-refractivity contribution is 0.0793. The number of aromatic nitrogens is 2. The van der Waals surface area contributed by atoms with Crippen LogP contribution in [0, 0.1) is 0 Å². The lowest BCUT2D eigenvalue weighted by Gasteiger charge is -2.20. The van der Waals surface area contributed by atoms with E-state index in [1.807, 2.05) is 6.07 Å². The molecule has 0 bridgehead atoms. The van der Waals surface area contributed by atoms with Crippen LogP contribution in [0.2, 0.25) is 5.02 Å². The molecule has 7 heteroatoms. The molecule has 3 heterocycles. The van der Waals surface area contributed by atoms with Crippen molar-refractivity contribution in [2.75, 3.05) is 18.5 Å². The third-order valence-corrected chi connectivity index (χ3v) is 4.55. The summed E-state index contributed by atoms with van der Waals surface area (Å²) in [6.07, 6.45) is 3.61. The van der Waals surface area contributed by atoms with Crippen LogP contribution in [0.25, 0.3) is 11.0 Å². The second-order valence-corrected chi connectivity index (χ2v) is 6.24. The van der Waals surface area contributed by atoms with Gasteiger partial charge in [-0.1, -0.05) is 11.6 Å². The van der Waals surface area contributed by atoms with Crippen LogP contribution in [0.3, 0.4) is 0 Å². The summed E-state index contributed by atoms with van der Waals surface area (Å²) >= 11 is 6.07. The van der Waals surface area contributed by atoms with Crippen molar-refractivity contribution in [1.29, 1.82) is 0 Å². The van der Waals surface area contributed by atoms with Crippen molar-refractivity contribution in [1.82, 2.24) is 10.2 Å². The van der Waals surface area contributed by atoms with E-state index in [-0.39, 0.29) is 5.91 Å². The zero-order valence-electron chi connectivity index (χ0n) is 12.8. The molecule has 1 amide bonds. The highest BCUT2D eigenvalue weighted by atomic mass is 35.5. The normalized spacial score (nSPS) is 18.0. The summed E-state index contributed by atoms with van der Waals surface area (Å²) in [5.41, 5.74) is 1.98. The standard InChI is InChI=1S/C17H16ClN3O3/c18-13-4-3-12(11-5-7-24-16(11)13)17(22)19-15-8-14(20-21-15)10-2-1-6-23-9-10/h3-5,7-8,10H,1-2,6,9H2,(H2,19,20,21,22). The van der Waals surface area contributed by atoms with Gasteiger partial charge in [0.15, 0.2) is 11.4 Å². The van der Waals surface area contributed by atoms with Gasteiger partial charge in [-0.25, -0.2) is 0 Å². The van der Waals surface area contributed by atoms with Gasteiger partial charge in [-0.05, 0) is 31.0 Å². The summed E-state index contributed by atoms with van der Waals surface area (Å²) in [6, 6.07) is 6.92. The van der Waals surface area contributed by atoms with E-state index in [2.05, 4.69) is 15.5 Å². The zero-order chi connectivity index (χ0) is 16.5. The van der Waals surface area contributed by atoms with Crippen LogP contribution in [0.4, 0.5) is 5.82 Å². The highest BCUT2D eigenvalue weighted by molar-refractivity contribution is 6.35. The summed E-state index contributed by atoms with van der Waals surface area (Å²) in [7, 11) is 0. The fraction of sp³-hybridized carbons (Fsp3) is 0.294. The maximum absolute atomic E-state index is 12.5. The number of hydrogen-bond acceptors (Lipinski definition) is 4. The Kier molecular flexibility index (Phi) is 4.00. The Morgan fingerprint density at radius 3 is 3.12 bits per heavy atom. The Hall–Kier alpha value is -2.31. The predicted molar refractivity (Wildman–Crippen MR) is 90.6 cm³/mol. The molecule has 6 nitrogen and oxygen atoms in total. The molecule has 1 aliphatic rings. The molecule has 24 heavy (non-hydrogen) atoms. The molecular formula is C17H16ClN3O3. The van der Waals surface area contributed by atoms with Crippen LogP contribution in [0.15, 0.2) is 34.9 Å². The number of benzene rings is 1. The molecule has 1 aliphatic heterocycles. The molecule has 0 radical (unpaired) electrons. The molecule has 0 saturated carbocycles. The van der Waals surface area contributed by atoms with Gasteiger partial charge < -0.3 is 14.5 Å². The number of rotatable bonds is 3. The van der Waals surface area contributed by atoms with Crippen molar-refractivity contribution in [2.24, 2.45) is 0 Å². The molecule has 1 aromatic carbocycles. The predicted octanol–water partition coefficient (Wildman–Crippen LogP) is 3.96. The second kappa shape index (κ2) is 6.30. The summed E-state index contributed by atoms with van der Waals surface area (Å²) < 4.78 is 10.8. The molecule has 1 fully saturated rings. The molecule has 1 unspecified atom stereocenters. The van der Waals surface area contributed by atoms with Gasteiger partial charge in [-0.15, -0.1) is 0 Å². The van der Waals surface area contributed by atoms with Crippen LogP contribution >= 0.6 is 11.6 Å². The molecule has 1 saturated heterocycles. The molecule has 2 N–H and O–H groups in total. The Balaban J connectivity index is 1.54. The first-order chi connectivity index (χ1) is 11.7. The number of halogens is 1. The van der Waals surface area contributed by atoms with Crippen molar-refractivity contribution in [3.63, 3.8) is 0 Å². The van der Waals surface area contributed by atoms with Gasteiger partial charge in [0, 0.05) is 29.7 Å². The Labute approximate surface area is 143 Å². The maximum atomic E-state index is 12.5. The number of furan rings is 1. The summed E-state index contributed by atoms with van der Waals surface area (Å²) in [6.45, 7) is 1.49. The minimum atomic E-state index is -0.254. The fourth-order valence-corrected chi connectivity index (χ4v) is 3.22. The van der Waals surface area contributed by atoms with Crippen LogP contribution < -0.4 is 5.32 Å². The molecular weight excluding hydrogens is 330 g/mol. The molecule has 124 valence electrons. The topological polar surface area (TPSA) is 80.1 Å². The van der Waals surface area contributed by atoms with Crippen molar-refractivity contribution in [3.8, 4) is 0 Å². The third-order valence-electron chi connectivity index (χ3n) is 4.25. The number of nitrogens with one attached hydrogen (secondary N) is 2. The SMILES string of the molecule is O=C(Nc1cc(C2CCCOC2)[nH]n1)c1ccc(Cl)c2occc12. The van der Waals surface area contributed by atoms with Gasteiger partial charge in [0.1, 0.15) is 0 Å². The average Bonchev–Trinajstić information content (AvgIpc) is 3.26. The Bertz CT molecular complexity index is 880. The molecule has 0 spiro atoms. The number of nitrogens with zero attached hydrogens (tertiary/aromatic N) is 1. The Morgan fingerprint density at radius 2 is 2.29 bits per heavy atom. The van der Waals surface area contributed by atoms with Gasteiger partial charge >= 0.3 is 0 Å². The molecule has 1 atom stereocenters. The lowest BCUT2D eigenvalue weighted by Crippen LogP contribution is -2.15. The number of hydrogen-bond donors (Lipinski definition) is 2. The van der Waals surface area contributed by atoms with Gasteiger partial charge in [0.05, 0.1) is 23.5 Å². The smallest absolute Gasteiger partial charge is 0.257 e. The van der Waals surface area contributed by atoms with E-state index in [1.54, 1.807) is 18.2 Å². The van der Waals surface area contributed by atoms with Crippen molar-refractivity contribution in [2.45, 2.75) is 18.8 Å². The number of amides is 1. The third kappa shape index (κ3) is 2.79. The number of aromatic amines is 1. The van der Waals surface area contributed by atoms with Gasteiger partial charge in [-0.2, -0.15) is 5.10 Å². The molecule has 4 rings (SSSR count). The molecule has 3 aromatic rings. The second-order valence-electron chi connectivity index (χ2n) is 5.84. The first kappa shape index (κ1) is 15.2. The molecule has 2 aromatic heterocycles. The highest BCUT2D eigenvalue weighted by Crippen LogP contribution is 2.29. The average molecular weight is 346 g/mol. The van der Waals surface area contributed by atoms with Crippen LogP contribution in [-0.2, 0) is 4.74 Å². The lowest BCUT2D eigenvalue weighted by atomic mass is 9.99.